The van der Waals surface area contributed by atoms with Gasteiger partial charge in [0.15, 0.2) is 0 Å². The molecule has 0 aliphatic heterocycles. The van der Waals surface area contributed by atoms with Gasteiger partial charge in [-0.15, -0.1) is 0 Å². The quantitative estimate of drug-likeness (QED) is 0.525. The summed E-state index contributed by atoms with van der Waals surface area (Å²) < 4.78 is 5.65. The van der Waals surface area contributed by atoms with Crippen LogP contribution in [0.2, 0.25) is 5.02 Å². The Morgan fingerprint density at radius 2 is 2.05 bits per heavy atom. The number of para-hydroxylation sites is 1. The number of nitrogens with zero attached hydrogens (tertiary/aromatic N) is 1. The van der Waals surface area contributed by atoms with E-state index in [1.807, 2.05) is 0 Å². The number of hydrogen-bond donors (Lipinski definition) is 1. The van der Waals surface area contributed by atoms with E-state index in [0.29, 0.717) is 12.8 Å². The van der Waals surface area contributed by atoms with Gasteiger partial charge in [-0.25, -0.2) is 0 Å². The largest absolute Gasteiger partial charge is 0.480 e. The topological polar surface area (TPSA) is 72.6 Å². The van der Waals surface area contributed by atoms with E-state index >= 15 is 0 Å². The first-order chi connectivity index (χ1) is 9.09. The molecule has 1 saturated carbocycles. The number of rotatable bonds is 3. The number of aliphatic hydroxyl groups is 1. The van der Waals surface area contributed by atoms with Crippen LogP contribution < -0.4 is 4.74 Å². The van der Waals surface area contributed by atoms with Gasteiger partial charge >= 0.3 is 5.69 Å². The number of nitro groups is 1. The Bertz CT molecular complexity index is 466. The van der Waals surface area contributed by atoms with Crippen LogP contribution in [0.1, 0.15) is 32.1 Å². The van der Waals surface area contributed by atoms with Crippen molar-refractivity contribution < 1.29 is 14.8 Å². The SMILES string of the molecule is O=[N+]([O-])c1cccc(Cl)c1OC1CCCCCC1O. The molecule has 0 heterocycles. The van der Waals surface area contributed by atoms with Crippen molar-refractivity contribution in [3.05, 3.63) is 33.3 Å². The maximum atomic E-state index is 11.0. The normalized spacial score (nSPS) is 23.7. The molecule has 1 aliphatic carbocycles. The van der Waals surface area contributed by atoms with E-state index in [1.54, 1.807) is 6.07 Å². The van der Waals surface area contributed by atoms with E-state index < -0.39 is 17.1 Å². The van der Waals surface area contributed by atoms with Crippen molar-refractivity contribution >= 4 is 17.3 Å². The number of halogens is 1. The zero-order chi connectivity index (χ0) is 13.8. The minimum atomic E-state index is -0.599. The molecule has 1 N–H and O–H groups in total. The monoisotopic (exact) mass is 285 g/mol. The van der Waals surface area contributed by atoms with Crippen LogP contribution >= 0.6 is 11.6 Å². The molecular weight excluding hydrogens is 270 g/mol. The van der Waals surface area contributed by atoms with Gasteiger partial charge in [0.05, 0.1) is 16.0 Å². The molecule has 2 unspecified atom stereocenters. The number of aliphatic hydroxyl groups excluding tert-OH is 1. The van der Waals surface area contributed by atoms with E-state index in [0.717, 1.165) is 19.3 Å². The van der Waals surface area contributed by atoms with Gasteiger partial charge in [-0.05, 0) is 25.3 Å². The van der Waals surface area contributed by atoms with Crippen molar-refractivity contribution in [3.8, 4) is 5.75 Å². The molecule has 2 atom stereocenters. The number of hydrogen-bond acceptors (Lipinski definition) is 4. The second-order valence-electron chi connectivity index (χ2n) is 4.71. The average Bonchev–Trinajstić information content (AvgIpc) is 2.57. The van der Waals surface area contributed by atoms with Gasteiger partial charge in [0.2, 0.25) is 5.75 Å². The van der Waals surface area contributed by atoms with Crippen LogP contribution in [-0.2, 0) is 0 Å². The van der Waals surface area contributed by atoms with Gasteiger partial charge in [0, 0.05) is 6.07 Å². The molecule has 5 nitrogen and oxygen atoms in total. The third-order valence-corrected chi connectivity index (χ3v) is 3.63. The van der Waals surface area contributed by atoms with Crippen molar-refractivity contribution in [1.82, 2.24) is 0 Å². The third kappa shape index (κ3) is 3.36. The summed E-state index contributed by atoms with van der Waals surface area (Å²) in [7, 11) is 0. The van der Waals surface area contributed by atoms with Crippen LogP contribution in [0.5, 0.6) is 5.75 Å². The molecular formula is C13H16ClNO4. The standard InChI is InChI=1S/C13H16ClNO4/c14-9-5-4-6-10(15(17)18)13(9)19-12-8-3-1-2-7-11(12)16/h4-6,11-12,16H,1-3,7-8H2. The van der Waals surface area contributed by atoms with Gasteiger partial charge < -0.3 is 9.84 Å². The van der Waals surface area contributed by atoms with Crippen LogP contribution in [0.3, 0.4) is 0 Å². The van der Waals surface area contributed by atoms with Crippen molar-refractivity contribution in [2.75, 3.05) is 0 Å². The van der Waals surface area contributed by atoms with Gasteiger partial charge in [-0.1, -0.05) is 30.5 Å². The Kier molecular flexibility index (Phi) is 4.61. The van der Waals surface area contributed by atoms with Crippen LogP contribution in [0, 0.1) is 10.1 Å². The summed E-state index contributed by atoms with van der Waals surface area (Å²) in [4.78, 5) is 10.4. The first-order valence-electron chi connectivity index (χ1n) is 6.37. The summed E-state index contributed by atoms with van der Waals surface area (Å²) in [5.74, 6) is 0.0557. The highest BCUT2D eigenvalue weighted by Crippen LogP contribution is 2.36. The first-order valence-corrected chi connectivity index (χ1v) is 6.75. The summed E-state index contributed by atoms with van der Waals surface area (Å²) in [5.41, 5.74) is -0.163. The van der Waals surface area contributed by atoms with Crippen LogP contribution in [-0.4, -0.2) is 22.2 Å². The molecule has 0 bridgehead atoms. The van der Waals surface area contributed by atoms with Crippen molar-refractivity contribution in [1.29, 1.82) is 0 Å². The van der Waals surface area contributed by atoms with E-state index in [4.69, 9.17) is 16.3 Å². The van der Waals surface area contributed by atoms with Crippen LogP contribution in [0.15, 0.2) is 18.2 Å². The minimum Gasteiger partial charge on any atom is -0.480 e. The molecule has 1 aromatic rings. The van der Waals surface area contributed by atoms with E-state index in [-0.39, 0.29) is 16.5 Å². The Hall–Kier alpha value is -1.33. The zero-order valence-corrected chi connectivity index (χ0v) is 11.2. The van der Waals surface area contributed by atoms with E-state index in [2.05, 4.69) is 0 Å². The number of ether oxygens (including phenoxy) is 1. The fourth-order valence-corrected chi connectivity index (χ4v) is 2.51. The van der Waals surface area contributed by atoms with Gasteiger partial charge in [0.25, 0.3) is 0 Å². The van der Waals surface area contributed by atoms with Crippen molar-refractivity contribution in [2.24, 2.45) is 0 Å². The average molecular weight is 286 g/mol. The molecule has 6 heteroatoms. The molecule has 0 amide bonds. The lowest BCUT2D eigenvalue weighted by atomic mass is 10.1. The Morgan fingerprint density at radius 1 is 1.32 bits per heavy atom. The Labute approximate surface area is 116 Å². The molecule has 2 rings (SSSR count). The molecule has 1 aliphatic rings. The summed E-state index contributed by atoms with van der Waals surface area (Å²) in [6.45, 7) is 0. The summed E-state index contributed by atoms with van der Waals surface area (Å²) in [6, 6.07) is 4.41. The van der Waals surface area contributed by atoms with Crippen molar-refractivity contribution in [2.45, 2.75) is 44.3 Å². The Morgan fingerprint density at radius 3 is 2.79 bits per heavy atom. The van der Waals surface area contributed by atoms with E-state index in [1.165, 1.54) is 12.1 Å². The molecule has 1 fully saturated rings. The summed E-state index contributed by atoms with van der Waals surface area (Å²) >= 11 is 5.97. The number of benzene rings is 1. The third-order valence-electron chi connectivity index (χ3n) is 3.33. The molecule has 19 heavy (non-hydrogen) atoms. The highest BCUT2D eigenvalue weighted by molar-refractivity contribution is 6.32. The lowest BCUT2D eigenvalue weighted by Gasteiger charge is -2.22. The van der Waals surface area contributed by atoms with E-state index in [9.17, 15) is 15.2 Å². The molecule has 0 radical (unpaired) electrons. The maximum Gasteiger partial charge on any atom is 0.312 e. The molecule has 1 aromatic carbocycles. The fraction of sp³-hybridized carbons (Fsp3) is 0.538. The molecule has 0 aromatic heterocycles. The molecule has 0 saturated heterocycles. The predicted octanol–water partition coefficient (Wildman–Crippen LogP) is 3.32. The second kappa shape index (κ2) is 6.21. The van der Waals surface area contributed by atoms with Gasteiger partial charge in [-0.2, -0.15) is 0 Å². The highest BCUT2D eigenvalue weighted by Gasteiger charge is 2.27. The first kappa shape index (κ1) is 14.1. The lowest BCUT2D eigenvalue weighted by molar-refractivity contribution is -0.386. The summed E-state index contributed by atoms with van der Waals surface area (Å²) in [5, 5.41) is 21.2. The Balaban J connectivity index is 2.24. The summed E-state index contributed by atoms with van der Waals surface area (Å²) in [6.07, 6.45) is 3.25. The smallest absolute Gasteiger partial charge is 0.312 e. The zero-order valence-electron chi connectivity index (χ0n) is 10.4. The van der Waals surface area contributed by atoms with Crippen molar-refractivity contribution in [3.63, 3.8) is 0 Å². The van der Waals surface area contributed by atoms with Gasteiger partial charge in [0.1, 0.15) is 6.10 Å². The van der Waals surface area contributed by atoms with Gasteiger partial charge in [-0.3, -0.25) is 10.1 Å². The lowest BCUT2D eigenvalue weighted by Crippen LogP contribution is -2.30. The minimum absolute atomic E-state index is 0.0557. The van der Waals surface area contributed by atoms with Crippen LogP contribution in [0.25, 0.3) is 0 Å². The number of nitro benzene ring substituents is 1. The second-order valence-corrected chi connectivity index (χ2v) is 5.11. The molecule has 0 spiro atoms. The fourth-order valence-electron chi connectivity index (χ4n) is 2.30. The maximum absolute atomic E-state index is 11.0. The highest BCUT2D eigenvalue weighted by atomic mass is 35.5. The van der Waals surface area contributed by atoms with Crippen LogP contribution in [0.4, 0.5) is 5.69 Å². The predicted molar refractivity (Wildman–Crippen MR) is 71.6 cm³/mol. The molecule has 104 valence electrons.